The third-order valence-corrected chi connectivity index (χ3v) is 16.8. The number of nitrogens with zero attached hydrogens (tertiary/aromatic N) is 4. The maximum atomic E-state index is 14.1. The largest absolute Gasteiger partial charge is 0.417 e. The summed E-state index contributed by atoms with van der Waals surface area (Å²) in [6.07, 6.45) is -0.742. The molecular weight excluding hydrogens is 953 g/mol. The monoisotopic (exact) mass is 1010 g/mol. The summed E-state index contributed by atoms with van der Waals surface area (Å²) < 4.78 is 70.4. The van der Waals surface area contributed by atoms with Crippen LogP contribution >= 0.6 is 0 Å². The molecule has 72 heavy (non-hydrogen) atoms. The van der Waals surface area contributed by atoms with E-state index in [2.05, 4.69) is 0 Å². The zero-order valence-electron chi connectivity index (χ0n) is 39.9. The van der Waals surface area contributed by atoms with Crippen molar-refractivity contribution in [3.8, 4) is 0 Å². The van der Waals surface area contributed by atoms with Crippen LogP contribution in [0.25, 0.3) is 11.1 Å². The van der Waals surface area contributed by atoms with Crippen molar-refractivity contribution in [3.63, 3.8) is 0 Å². The van der Waals surface area contributed by atoms with Gasteiger partial charge in [-0.05, 0) is 86.1 Å². The maximum absolute atomic E-state index is 14.1. The summed E-state index contributed by atoms with van der Waals surface area (Å²) in [5.74, 6) is -0.143. The van der Waals surface area contributed by atoms with Gasteiger partial charge in [-0.3, -0.25) is 9.80 Å². The summed E-state index contributed by atoms with van der Waals surface area (Å²) in [5, 5.41) is 22.1. The van der Waals surface area contributed by atoms with Crippen LogP contribution in [0.4, 0.5) is 9.59 Å². The van der Waals surface area contributed by atoms with Gasteiger partial charge < -0.3 is 19.7 Å². The van der Waals surface area contributed by atoms with Gasteiger partial charge in [0, 0.05) is 24.2 Å². The van der Waals surface area contributed by atoms with Gasteiger partial charge in [0.1, 0.15) is 0 Å². The molecule has 6 aromatic carbocycles. The number of sulfonamides is 2. The molecule has 0 aliphatic carbocycles. The molecule has 2 saturated heterocycles. The average molecular weight is 1010 g/mol. The van der Waals surface area contributed by atoms with Gasteiger partial charge in [0.25, 0.3) is 20.0 Å². The lowest BCUT2D eigenvalue weighted by molar-refractivity contribution is 0.0170. The predicted molar refractivity (Wildman–Crippen MR) is 272 cm³/mol. The minimum absolute atomic E-state index is 0.0428. The van der Waals surface area contributed by atoms with E-state index in [1.807, 2.05) is 135 Å². The Morgan fingerprint density at radius 3 is 1.14 bits per heavy atom. The molecule has 2 N–H and O–H groups in total. The molecule has 4 heterocycles. The Hall–Kier alpha value is -7.24. The number of piperidine rings is 2. The summed E-state index contributed by atoms with van der Waals surface area (Å²) in [6.45, 7) is 4.53. The summed E-state index contributed by atoms with van der Waals surface area (Å²) in [4.78, 5) is 29.5. The molecule has 2 fully saturated rings. The van der Waals surface area contributed by atoms with Crippen LogP contribution in [0.15, 0.2) is 191 Å². The van der Waals surface area contributed by atoms with E-state index in [1.54, 1.807) is 48.5 Å². The van der Waals surface area contributed by atoms with Gasteiger partial charge in [-0.15, -0.1) is 0 Å². The fourth-order valence-corrected chi connectivity index (χ4v) is 12.4. The highest BCUT2D eigenvalue weighted by Gasteiger charge is 2.48. The molecule has 4 aliphatic rings. The molecule has 4 atom stereocenters. The Labute approximate surface area is 420 Å². The minimum atomic E-state index is -4.14. The lowest BCUT2D eigenvalue weighted by Crippen LogP contribution is -2.55. The van der Waals surface area contributed by atoms with Crippen LogP contribution in [-0.2, 0) is 42.6 Å². The third kappa shape index (κ3) is 10.3. The van der Waals surface area contributed by atoms with Crippen molar-refractivity contribution in [3.05, 3.63) is 215 Å². The number of ether oxygens (including phenoxy) is 2. The minimum Gasteiger partial charge on any atom is -0.392 e. The SMILES string of the molecule is Cc1ccc(S(=O)(=O)N(Cc2ccccc2)C2=C(c3ccccc3)[C@H]3[C@H](O)CCCN3C(=O)O2)cc1.Cc1ccc(S(=O)(=O)N(Cc2ccccc2)C2=C(c3ccccc3)[C@H]3[C@H](O)CCCN3C(=O)O2)cc1. The van der Waals surface area contributed by atoms with Crippen LogP contribution in [-0.4, -0.2) is 95.0 Å². The molecule has 0 aromatic heterocycles. The Kier molecular flexibility index (Phi) is 14.7. The lowest BCUT2D eigenvalue weighted by Gasteiger charge is -2.44. The number of aliphatic hydroxyl groups is 2. The fraction of sp³-hybridized carbons (Fsp3) is 0.250. The average Bonchev–Trinajstić information content (AvgIpc) is 3.39. The lowest BCUT2D eigenvalue weighted by atomic mass is 9.88. The molecule has 0 saturated carbocycles. The maximum Gasteiger partial charge on any atom is 0.417 e. The van der Waals surface area contributed by atoms with Crippen molar-refractivity contribution in [2.75, 3.05) is 13.1 Å². The van der Waals surface area contributed by atoms with E-state index >= 15 is 0 Å². The Bertz CT molecular complexity index is 2960. The summed E-state index contributed by atoms with van der Waals surface area (Å²) >= 11 is 0. The van der Waals surface area contributed by atoms with Crippen molar-refractivity contribution in [2.24, 2.45) is 0 Å². The van der Waals surface area contributed by atoms with Gasteiger partial charge in [0.05, 0.1) is 47.2 Å². The zero-order chi connectivity index (χ0) is 50.6. The molecule has 2 amide bonds. The number of carbonyl (C=O) groups is 2. The first kappa shape index (κ1) is 49.7. The van der Waals surface area contributed by atoms with E-state index in [-0.39, 0.29) is 34.6 Å². The van der Waals surface area contributed by atoms with E-state index in [9.17, 15) is 36.6 Å². The van der Waals surface area contributed by atoms with E-state index in [4.69, 9.17) is 9.47 Å². The quantitative estimate of drug-likeness (QED) is 0.120. The third-order valence-electron chi connectivity index (χ3n) is 13.3. The number of carbonyl (C=O) groups excluding carboxylic acids is 2. The highest BCUT2D eigenvalue weighted by molar-refractivity contribution is 7.89. The molecule has 0 bridgehead atoms. The molecule has 0 spiro atoms. The summed E-state index contributed by atoms with van der Waals surface area (Å²) in [5.41, 5.74) is 5.66. The molecular formula is C56H56N4O10S2. The van der Waals surface area contributed by atoms with Crippen molar-refractivity contribution in [1.82, 2.24) is 18.4 Å². The number of aliphatic hydroxyl groups excluding tert-OH is 2. The zero-order valence-corrected chi connectivity index (χ0v) is 41.5. The first-order chi connectivity index (χ1) is 34.7. The van der Waals surface area contributed by atoms with Crippen molar-refractivity contribution >= 4 is 43.4 Å². The van der Waals surface area contributed by atoms with Gasteiger partial charge in [0.15, 0.2) is 0 Å². The van der Waals surface area contributed by atoms with Crippen LogP contribution in [0.3, 0.4) is 0 Å². The number of amides is 2. The van der Waals surface area contributed by atoms with Crippen molar-refractivity contribution in [2.45, 2.75) is 86.7 Å². The summed E-state index contributed by atoms with van der Waals surface area (Å²) in [7, 11) is -8.27. The molecule has 10 rings (SSSR count). The van der Waals surface area contributed by atoms with Crippen LogP contribution in [0.5, 0.6) is 0 Å². The Morgan fingerprint density at radius 2 is 0.806 bits per heavy atom. The number of hydrogen-bond acceptors (Lipinski definition) is 10. The van der Waals surface area contributed by atoms with Crippen LogP contribution in [0, 0.1) is 13.8 Å². The van der Waals surface area contributed by atoms with Crippen molar-refractivity contribution in [1.29, 1.82) is 0 Å². The van der Waals surface area contributed by atoms with Gasteiger partial charge in [0.2, 0.25) is 11.8 Å². The Morgan fingerprint density at radius 1 is 0.486 bits per heavy atom. The number of fused-ring (bicyclic) bond motifs is 2. The van der Waals surface area contributed by atoms with Crippen LogP contribution in [0.1, 0.15) is 59.1 Å². The van der Waals surface area contributed by atoms with E-state index in [0.29, 0.717) is 61.0 Å². The van der Waals surface area contributed by atoms with Gasteiger partial charge in [-0.1, -0.05) is 157 Å². The number of benzene rings is 6. The molecule has 6 aromatic rings. The first-order valence-electron chi connectivity index (χ1n) is 23.9. The number of rotatable bonds is 12. The molecule has 0 unspecified atom stereocenters. The highest BCUT2D eigenvalue weighted by Crippen LogP contribution is 2.42. The number of aryl methyl sites for hydroxylation is 2. The molecule has 16 heteroatoms. The predicted octanol–water partition coefficient (Wildman–Crippen LogP) is 9.06. The normalized spacial score (nSPS) is 20.1. The van der Waals surface area contributed by atoms with E-state index < -0.39 is 56.5 Å². The number of hydrogen-bond donors (Lipinski definition) is 2. The second kappa shape index (κ2) is 21.2. The highest BCUT2D eigenvalue weighted by atomic mass is 32.2. The molecule has 372 valence electrons. The Balaban J connectivity index is 0.000000178. The number of cyclic esters (lactones) is 2. The van der Waals surface area contributed by atoms with Gasteiger partial charge in [-0.25, -0.2) is 35.0 Å². The molecule has 14 nitrogen and oxygen atoms in total. The van der Waals surface area contributed by atoms with Crippen LogP contribution in [0.2, 0.25) is 0 Å². The van der Waals surface area contributed by atoms with Crippen molar-refractivity contribution < 1.29 is 46.1 Å². The second-order valence-corrected chi connectivity index (χ2v) is 21.9. The standard InChI is InChI=1S/2C28H28N2O5S/c2*1-20-14-16-23(17-15-20)36(33,34)30(19-21-9-4-2-5-10-21)27-25(22-11-6-3-7-12-22)26-24(31)13-8-18-29(26)28(32)35-27/h2*2-7,9-12,14-17,24,26,31H,8,13,18-19H2,1H3/t2*24-,26-/m11/s1. The second-order valence-electron chi connectivity index (χ2n) is 18.2. The fourth-order valence-electron chi connectivity index (χ4n) is 9.60. The molecule has 0 radical (unpaired) electrons. The van der Waals surface area contributed by atoms with Gasteiger partial charge in [-0.2, -0.15) is 0 Å². The summed E-state index contributed by atoms with van der Waals surface area (Å²) in [6, 6.07) is 48.5. The van der Waals surface area contributed by atoms with Gasteiger partial charge >= 0.3 is 12.2 Å². The topological polar surface area (TPSA) is 174 Å². The van der Waals surface area contributed by atoms with E-state index in [0.717, 1.165) is 30.9 Å². The molecule has 4 aliphatic heterocycles. The van der Waals surface area contributed by atoms with E-state index in [1.165, 1.54) is 9.80 Å². The van der Waals surface area contributed by atoms with Crippen LogP contribution < -0.4 is 0 Å². The smallest absolute Gasteiger partial charge is 0.392 e. The first-order valence-corrected chi connectivity index (χ1v) is 26.8.